The van der Waals surface area contributed by atoms with Gasteiger partial charge in [-0.15, -0.1) is 0 Å². The van der Waals surface area contributed by atoms with Gasteiger partial charge in [-0.3, -0.25) is 0 Å². The number of amidine groups is 1. The van der Waals surface area contributed by atoms with Crippen LogP contribution in [0.3, 0.4) is 0 Å². The van der Waals surface area contributed by atoms with Crippen LogP contribution in [0.4, 0.5) is 5.69 Å². The number of nitrogens with two attached hydrogens (primary N) is 1. The van der Waals surface area contributed by atoms with Crippen molar-refractivity contribution in [2.24, 2.45) is 16.6 Å². The van der Waals surface area contributed by atoms with E-state index in [1.54, 1.807) is 13.4 Å². The van der Waals surface area contributed by atoms with Crippen LogP contribution in [0.1, 0.15) is 51.5 Å². The lowest BCUT2D eigenvalue weighted by Crippen LogP contribution is -2.32. The highest BCUT2D eigenvalue weighted by Crippen LogP contribution is 2.44. The number of nitrogens with zero attached hydrogens (tertiary/aromatic N) is 1. The van der Waals surface area contributed by atoms with Gasteiger partial charge in [0, 0.05) is 11.5 Å². The zero-order chi connectivity index (χ0) is 16.4. The van der Waals surface area contributed by atoms with E-state index in [0.29, 0.717) is 17.3 Å². The second-order valence-corrected chi connectivity index (χ2v) is 7.02. The summed E-state index contributed by atoms with van der Waals surface area (Å²) in [5, 5.41) is 0. The van der Waals surface area contributed by atoms with Gasteiger partial charge in [0.15, 0.2) is 11.5 Å². The summed E-state index contributed by atoms with van der Waals surface area (Å²) in [7, 11) is 1.66. The molecule has 0 aromatic heterocycles. The fourth-order valence-corrected chi connectivity index (χ4v) is 3.42. The normalized spacial score (nSPS) is 19.9. The Morgan fingerprint density at radius 1 is 1.26 bits per heavy atom. The first-order valence-corrected chi connectivity index (χ1v) is 8.41. The summed E-state index contributed by atoms with van der Waals surface area (Å²) >= 11 is 0. The molecule has 2 aliphatic rings. The van der Waals surface area contributed by atoms with Crippen LogP contribution in [0, 0.1) is 5.92 Å². The number of fused-ring (bicyclic) bond motifs is 1. The first-order chi connectivity index (χ1) is 11.0. The van der Waals surface area contributed by atoms with E-state index in [1.807, 2.05) is 12.1 Å². The van der Waals surface area contributed by atoms with Crippen LogP contribution in [-0.4, -0.2) is 12.9 Å². The standard InChI is InChI=1S/C19H26N2O2/c1-19(2)14-11-16(22-3)17(12-15(14)21-18(19)20)23-10-6-9-13-7-4-5-8-13/h6,10-13H,4-5,7-9H2,1-3H3,(H2,20,21)/b10-6+. The highest BCUT2D eigenvalue weighted by Gasteiger charge is 2.34. The van der Waals surface area contributed by atoms with Crippen molar-refractivity contribution < 1.29 is 9.47 Å². The highest BCUT2D eigenvalue weighted by molar-refractivity contribution is 5.98. The highest BCUT2D eigenvalue weighted by atomic mass is 16.5. The van der Waals surface area contributed by atoms with Crippen molar-refractivity contribution in [1.82, 2.24) is 0 Å². The second-order valence-electron chi connectivity index (χ2n) is 7.02. The largest absolute Gasteiger partial charge is 0.493 e. The minimum atomic E-state index is -0.264. The molecule has 0 unspecified atom stereocenters. The van der Waals surface area contributed by atoms with Crippen LogP contribution >= 0.6 is 0 Å². The van der Waals surface area contributed by atoms with Gasteiger partial charge in [0.2, 0.25) is 0 Å². The van der Waals surface area contributed by atoms with Gasteiger partial charge in [-0.25, -0.2) is 4.99 Å². The Hall–Kier alpha value is -1.97. The number of methoxy groups -OCH3 is 1. The molecule has 1 saturated carbocycles. The van der Waals surface area contributed by atoms with E-state index in [2.05, 4.69) is 24.9 Å². The molecular weight excluding hydrogens is 288 g/mol. The topological polar surface area (TPSA) is 56.8 Å². The molecule has 0 radical (unpaired) electrons. The van der Waals surface area contributed by atoms with Crippen molar-refractivity contribution in [2.75, 3.05) is 7.11 Å². The molecule has 1 heterocycles. The summed E-state index contributed by atoms with van der Waals surface area (Å²) in [6, 6.07) is 3.90. The van der Waals surface area contributed by atoms with Crippen LogP contribution in [0.5, 0.6) is 11.5 Å². The lowest BCUT2D eigenvalue weighted by Gasteiger charge is -2.20. The molecule has 0 atom stereocenters. The second kappa shape index (κ2) is 6.26. The van der Waals surface area contributed by atoms with Crippen LogP contribution in [0.2, 0.25) is 0 Å². The van der Waals surface area contributed by atoms with Crippen molar-refractivity contribution in [2.45, 2.75) is 51.4 Å². The molecule has 4 heteroatoms. The summed E-state index contributed by atoms with van der Waals surface area (Å²) in [6.07, 6.45) is 10.4. The van der Waals surface area contributed by atoms with Crippen LogP contribution in [0.15, 0.2) is 29.5 Å². The van der Waals surface area contributed by atoms with Crippen molar-refractivity contribution in [1.29, 1.82) is 0 Å². The van der Waals surface area contributed by atoms with Gasteiger partial charge in [-0.05, 0) is 43.9 Å². The van der Waals surface area contributed by atoms with E-state index in [9.17, 15) is 0 Å². The van der Waals surface area contributed by atoms with E-state index >= 15 is 0 Å². The fourth-order valence-electron chi connectivity index (χ4n) is 3.42. The Morgan fingerprint density at radius 3 is 2.70 bits per heavy atom. The van der Waals surface area contributed by atoms with Crippen molar-refractivity contribution in [3.8, 4) is 11.5 Å². The minimum Gasteiger partial charge on any atom is -0.493 e. The first-order valence-electron chi connectivity index (χ1n) is 8.41. The Balaban J connectivity index is 1.74. The van der Waals surface area contributed by atoms with Gasteiger partial charge in [0.1, 0.15) is 5.84 Å². The van der Waals surface area contributed by atoms with Gasteiger partial charge in [0.25, 0.3) is 0 Å². The van der Waals surface area contributed by atoms with Gasteiger partial charge >= 0.3 is 0 Å². The molecule has 0 spiro atoms. The number of rotatable bonds is 5. The maximum absolute atomic E-state index is 6.05. The molecule has 1 aromatic rings. The number of ether oxygens (including phenoxy) is 2. The predicted octanol–water partition coefficient (Wildman–Crippen LogP) is 4.45. The Kier molecular flexibility index (Phi) is 4.33. The third kappa shape index (κ3) is 3.07. The summed E-state index contributed by atoms with van der Waals surface area (Å²) in [6.45, 7) is 4.14. The molecule has 1 aliphatic carbocycles. The lowest BCUT2D eigenvalue weighted by molar-refractivity contribution is 0.376. The molecule has 2 N–H and O–H groups in total. The quantitative estimate of drug-likeness (QED) is 0.817. The van der Waals surface area contributed by atoms with E-state index in [-0.39, 0.29) is 5.41 Å². The van der Waals surface area contributed by atoms with E-state index < -0.39 is 0 Å². The SMILES string of the molecule is COc1cc2c(cc1O/C=C/CC1CCCC1)N=C(N)C2(C)C. The number of allylic oxidation sites excluding steroid dienone is 1. The zero-order valence-corrected chi connectivity index (χ0v) is 14.3. The fraction of sp³-hybridized carbons (Fsp3) is 0.526. The predicted molar refractivity (Wildman–Crippen MR) is 93.6 cm³/mol. The van der Waals surface area contributed by atoms with Crippen molar-refractivity contribution >= 4 is 11.5 Å². The van der Waals surface area contributed by atoms with Gasteiger partial charge in [0.05, 0.1) is 19.1 Å². The van der Waals surface area contributed by atoms with Crippen LogP contribution < -0.4 is 15.2 Å². The smallest absolute Gasteiger partial charge is 0.170 e. The molecule has 0 amide bonds. The van der Waals surface area contributed by atoms with Gasteiger partial charge < -0.3 is 15.2 Å². The molecule has 1 aromatic carbocycles. The minimum absolute atomic E-state index is 0.264. The summed E-state index contributed by atoms with van der Waals surface area (Å²) in [5.74, 6) is 2.85. The molecule has 23 heavy (non-hydrogen) atoms. The Morgan fingerprint density at radius 2 is 2.00 bits per heavy atom. The zero-order valence-electron chi connectivity index (χ0n) is 14.3. The molecule has 1 fully saturated rings. The Labute approximate surface area is 138 Å². The molecule has 0 saturated heterocycles. The maximum Gasteiger partial charge on any atom is 0.170 e. The van der Waals surface area contributed by atoms with Gasteiger partial charge in [-0.2, -0.15) is 0 Å². The number of aliphatic imine (C=N–C) groups is 1. The summed E-state index contributed by atoms with van der Waals surface area (Å²) < 4.78 is 11.3. The number of benzene rings is 1. The third-order valence-electron chi connectivity index (χ3n) is 5.07. The maximum atomic E-state index is 6.05. The third-order valence-corrected chi connectivity index (χ3v) is 5.07. The van der Waals surface area contributed by atoms with E-state index in [1.165, 1.54) is 25.7 Å². The lowest BCUT2D eigenvalue weighted by atomic mass is 9.85. The molecule has 124 valence electrons. The first kappa shape index (κ1) is 15.9. The molecule has 4 nitrogen and oxygen atoms in total. The number of hydrogen-bond donors (Lipinski definition) is 1. The van der Waals surface area contributed by atoms with Crippen LogP contribution in [-0.2, 0) is 5.41 Å². The monoisotopic (exact) mass is 314 g/mol. The van der Waals surface area contributed by atoms with Crippen LogP contribution in [0.25, 0.3) is 0 Å². The van der Waals surface area contributed by atoms with Gasteiger partial charge in [-0.1, -0.05) is 25.7 Å². The molecular formula is C19H26N2O2. The molecule has 3 rings (SSSR count). The summed E-state index contributed by atoms with van der Waals surface area (Å²) in [4.78, 5) is 4.47. The summed E-state index contributed by atoms with van der Waals surface area (Å²) in [5.41, 5.74) is 7.73. The number of hydrogen-bond acceptors (Lipinski definition) is 4. The molecule has 0 bridgehead atoms. The van der Waals surface area contributed by atoms with E-state index in [0.717, 1.165) is 23.6 Å². The average Bonchev–Trinajstić information content (AvgIpc) is 3.11. The molecule has 1 aliphatic heterocycles. The Bertz CT molecular complexity index is 641. The van der Waals surface area contributed by atoms with Crippen molar-refractivity contribution in [3.05, 3.63) is 30.0 Å². The van der Waals surface area contributed by atoms with E-state index in [4.69, 9.17) is 15.2 Å². The average molecular weight is 314 g/mol. The van der Waals surface area contributed by atoms with Crippen molar-refractivity contribution in [3.63, 3.8) is 0 Å².